The van der Waals surface area contributed by atoms with Gasteiger partial charge in [-0.05, 0) is 37.6 Å². The second kappa shape index (κ2) is 4.60. The molecular formula is C16H15ClN2O. The van der Waals surface area contributed by atoms with Gasteiger partial charge in [0.25, 0.3) is 0 Å². The minimum absolute atomic E-state index is 0.0977. The quantitative estimate of drug-likeness (QED) is 0.791. The number of carbonyl (C=O) groups is 1. The molecule has 1 aliphatic heterocycles. The molecule has 0 atom stereocenters. The molecule has 2 heterocycles. The molecule has 1 aromatic heterocycles. The fraction of sp³-hybridized carbons (Fsp3) is 0.250. The summed E-state index contributed by atoms with van der Waals surface area (Å²) in [6.07, 6.45) is 0. The lowest BCUT2D eigenvalue weighted by molar-refractivity contribution is -0.122. The molecule has 0 fully saturated rings. The van der Waals surface area contributed by atoms with E-state index in [2.05, 4.69) is 4.98 Å². The molecule has 20 heavy (non-hydrogen) atoms. The van der Waals surface area contributed by atoms with Gasteiger partial charge >= 0.3 is 0 Å². The highest BCUT2D eigenvalue weighted by Crippen LogP contribution is 2.41. The summed E-state index contributed by atoms with van der Waals surface area (Å²) in [4.78, 5) is 18.7. The van der Waals surface area contributed by atoms with Gasteiger partial charge in [0.2, 0.25) is 5.91 Å². The number of nitrogens with zero attached hydrogens (tertiary/aromatic N) is 2. The van der Waals surface area contributed by atoms with Crippen LogP contribution >= 0.6 is 11.6 Å². The molecule has 0 saturated heterocycles. The van der Waals surface area contributed by atoms with E-state index >= 15 is 0 Å². The Morgan fingerprint density at radius 2 is 1.90 bits per heavy atom. The number of benzene rings is 1. The maximum atomic E-state index is 12.6. The highest BCUT2D eigenvalue weighted by molar-refractivity contribution is 6.29. The van der Waals surface area contributed by atoms with Gasteiger partial charge in [-0.15, -0.1) is 0 Å². The molecule has 1 aliphatic rings. The van der Waals surface area contributed by atoms with Crippen molar-refractivity contribution in [1.29, 1.82) is 0 Å². The third-order valence-corrected chi connectivity index (χ3v) is 3.95. The van der Waals surface area contributed by atoms with E-state index in [0.29, 0.717) is 11.7 Å². The van der Waals surface area contributed by atoms with Crippen molar-refractivity contribution in [2.75, 3.05) is 4.90 Å². The normalized spacial score (nSPS) is 16.4. The van der Waals surface area contributed by atoms with E-state index in [1.807, 2.05) is 50.2 Å². The molecule has 0 unspecified atom stereocenters. The zero-order valence-corrected chi connectivity index (χ0v) is 12.2. The van der Waals surface area contributed by atoms with Crippen molar-refractivity contribution in [3.05, 3.63) is 58.9 Å². The third-order valence-electron chi connectivity index (χ3n) is 3.74. The van der Waals surface area contributed by atoms with E-state index in [0.717, 1.165) is 16.9 Å². The average molecular weight is 287 g/mol. The van der Waals surface area contributed by atoms with Crippen LogP contribution in [0.2, 0.25) is 5.15 Å². The van der Waals surface area contributed by atoms with E-state index in [4.69, 9.17) is 11.6 Å². The van der Waals surface area contributed by atoms with Crippen LogP contribution in [0.4, 0.5) is 5.69 Å². The molecule has 2 aromatic rings. The predicted octanol–water partition coefficient (Wildman–Crippen LogP) is 3.56. The Morgan fingerprint density at radius 3 is 2.65 bits per heavy atom. The van der Waals surface area contributed by atoms with Gasteiger partial charge in [-0.2, -0.15) is 0 Å². The van der Waals surface area contributed by atoms with Crippen LogP contribution in [0.5, 0.6) is 0 Å². The summed E-state index contributed by atoms with van der Waals surface area (Å²) in [5.41, 5.74) is 2.32. The number of hydrogen-bond acceptors (Lipinski definition) is 2. The first-order valence-corrected chi connectivity index (χ1v) is 6.91. The molecule has 0 saturated carbocycles. The molecule has 0 bridgehead atoms. The molecule has 4 heteroatoms. The molecule has 1 amide bonds. The number of pyridine rings is 1. The number of amides is 1. The summed E-state index contributed by atoms with van der Waals surface area (Å²) >= 11 is 5.91. The molecule has 102 valence electrons. The van der Waals surface area contributed by atoms with Gasteiger partial charge in [0.1, 0.15) is 5.15 Å². The number of anilines is 1. The highest BCUT2D eigenvalue weighted by atomic mass is 35.5. The van der Waals surface area contributed by atoms with Gasteiger partial charge in [0, 0.05) is 5.69 Å². The number of halogens is 1. The molecule has 0 radical (unpaired) electrons. The van der Waals surface area contributed by atoms with Crippen molar-refractivity contribution in [3.8, 4) is 0 Å². The molecular weight excluding hydrogens is 272 g/mol. The number of fused-ring (bicyclic) bond motifs is 1. The van der Waals surface area contributed by atoms with Crippen LogP contribution in [-0.2, 0) is 16.8 Å². The van der Waals surface area contributed by atoms with Crippen LogP contribution in [0, 0.1) is 0 Å². The summed E-state index contributed by atoms with van der Waals surface area (Å²) in [6.45, 7) is 4.36. The molecule has 3 nitrogen and oxygen atoms in total. The first kappa shape index (κ1) is 13.1. The van der Waals surface area contributed by atoms with Crippen molar-refractivity contribution >= 4 is 23.2 Å². The largest absolute Gasteiger partial charge is 0.305 e. The zero-order chi connectivity index (χ0) is 14.3. The van der Waals surface area contributed by atoms with Crippen molar-refractivity contribution in [2.24, 2.45) is 0 Å². The van der Waals surface area contributed by atoms with Gasteiger partial charge in [-0.3, -0.25) is 4.79 Å². The second-order valence-electron chi connectivity index (χ2n) is 5.49. The smallest absolute Gasteiger partial charge is 0.237 e. The van der Waals surface area contributed by atoms with Gasteiger partial charge in [-0.25, -0.2) is 4.98 Å². The Morgan fingerprint density at radius 1 is 1.15 bits per heavy atom. The minimum Gasteiger partial charge on any atom is -0.305 e. The lowest BCUT2D eigenvalue weighted by Gasteiger charge is -2.20. The Labute approximate surface area is 123 Å². The topological polar surface area (TPSA) is 33.2 Å². The zero-order valence-electron chi connectivity index (χ0n) is 11.4. The van der Waals surface area contributed by atoms with E-state index in [9.17, 15) is 4.79 Å². The molecule has 0 aliphatic carbocycles. The molecule has 1 aromatic carbocycles. The van der Waals surface area contributed by atoms with Crippen LogP contribution in [0.3, 0.4) is 0 Å². The van der Waals surface area contributed by atoms with E-state index in [1.165, 1.54) is 0 Å². The molecule has 3 rings (SSSR count). The lowest BCUT2D eigenvalue weighted by atomic mass is 9.86. The Kier molecular flexibility index (Phi) is 3.02. The van der Waals surface area contributed by atoms with Gasteiger partial charge in [-0.1, -0.05) is 35.9 Å². The predicted molar refractivity (Wildman–Crippen MR) is 79.9 cm³/mol. The summed E-state index contributed by atoms with van der Waals surface area (Å²) in [5, 5.41) is 0.446. The number of rotatable bonds is 2. The Bertz CT molecular complexity index is 682. The fourth-order valence-electron chi connectivity index (χ4n) is 2.66. The number of hydrogen-bond donors (Lipinski definition) is 0. The standard InChI is InChI=1S/C16H15ClN2O/c1-16(2)12-7-3-4-8-13(12)19(15(16)20)10-11-6-5-9-14(17)18-11/h3-9H,10H2,1-2H3. The average Bonchev–Trinajstić information content (AvgIpc) is 2.61. The van der Waals surface area contributed by atoms with Gasteiger partial charge in [0.05, 0.1) is 17.7 Å². The molecule has 0 N–H and O–H groups in total. The summed E-state index contributed by atoms with van der Waals surface area (Å²) in [7, 11) is 0. The SMILES string of the molecule is CC1(C)C(=O)N(Cc2cccc(Cl)n2)c2ccccc21. The van der Waals surface area contributed by atoms with Crippen molar-refractivity contribution < 1.29 is 4.79 Å². The number of para-hydroxylation sites is 1. The summed E-state index contributed by atoms with van der Waals surface area (Å²) in [5.74, 6) is 0.0977. The highest BCUT2D eigenvalue weighted by Gasteiger charge is 2.43. The first-order valence-electron chi connectivity index (χ1n) is 6.53. The van der Waals surface area contributed by atoms with Crippen LogP contribution in [0.1, 0.15) is 25.1 Å². The maximum absolute atomic E-state index is 12.6. The van der Waals surface area contributed by atoms with E-state index in [-0.39, 0.29) is 5.91 Å². The van der Waals surface area contributed by atoms with Crippen LogP contribution in [0.15, 0.2) is 42.5 Å². The Balaban J connectivity index is 2.01. The van der Waals surface area contributed by atoms with Gasteiger partial charge < -0.3 is 4.90 Å². The first-order chi connectivity index (χ1) is 9.50. The van der Waals surface area contributed by atoms with E-state index < -0.39 is 5.41 Å². The fourth-order valence-corrected chi connectivity index (χ4v) is 2.84. The number of aromatic nitrogens is 1. The van der Waals surface area contributed by atoms with Crippen LogP contribution in [-0.4, -0.2) is 10.9 Å². The second-order valence-corrected chi connectivity index (χ2v) is 5.87. The summed E-state index contributed by atoms with van der Waals surface area (Å²) < 4.78 is 0. The molecule has 0 spiro atoms. The van der Waals surface area contributed by atoms with Crippen LogP contribution in [0.25, 0.3) is 0 Å². The van der Waals surface area contributed by atoms with E-state index in [1.54, 1.807) is 11.0 Å². The minimum atomic E-state index is -0.491. The summed E-state index contributed by atoms with van der Waals surface area (Å²) in [6, 6.07) is 13.4. The van der Waals surface area contributed by atoms with Gasteiger partial charge in [0.15, 0.2) is 0 Å². The maximum Gasteiger partial charge on any atom is 0.237 e. The monoisotopic (exact) mass is 286 g/mol. The van der Waals surface area contributed by atoms with Crippen molar-refractivity contribution in [2.45, 2.75) is 25.8 Å². The van der Waals surface area contributed by atoms with Crippen molar-refractivity contribution in [1.82, 2.24) is 4.98 Å². The third kappa shape index (κ3) is 1.98. The lowest BCUT2D eigenvalue weighted by Crippen LogP contribution is -2.35. The van der Waals surface area contributed by atoms with Crippen LogP contribution < -0.4 is 4.90 Å². The number of carbonyl (C=O) groups excluding carboxylic acids is 1. The van der Waals surface area contributed by atoms with Crippen molar-refractivity contribution in [3.63, 3.8) is 0 Å². The Hall–Kier alpha value is -1.87.